The quantitative estimate of drug-likeness (QED) is 0.255. The van der Waals surface area contributed by atoms with Gasteiger partial charge in [0.1, 0.15) is 5.75 Å². The highest BCUT2D eigenvalue weighted by Crippen LogP contribution is 2.52. The first-order valence-electron chi connectivity index (χ1n) is 12.1. The smallest absolute Gasteiger partial charge is 0.311 e. The Labute approximate surface area is 190 Å². The van der Waals surface area contributed by atoms with Crippen molar-refractivity contribution in [3.05, 3.63) is 29.8 Å². The van der Waals surface area contributed by atoms with Crippen LogP contribution in [0.4, 0.5) is 0 Å². The molecule has 2 bridgehead atoms. The van der Waals surface area contributed by atoms with Gasteiger partial charge in [0.15, 0.2) is 0 Å². The molecule has 0 spiro atoms. The fourth-order valence-electron chi connectivity index (χ4n) is 6.44. The Morgan fingerprint density at radius 3 is 2.25 bits per heavy atom. The molecule has 32 heavy (non-hydrogen) atoms. The van der Waals surface area contributed by atoms with Crippen LogP contribution < -0.4 is 4.74 Å². The van der Waals surface area contributed by atoms with Gasteiger partial charge in [-0.25, -0.2) is 9.78 Å². The summed E-state index contributed by atoms with van der Waals surface area (Å²) in [6.45, 7) is 3.65. The van der Waals surface area contributed by atoms with Gasteiger partial charge in [0.05, 0.1) is 24.7 Å². The Balaban J connectivity index is 1.26. The molecule has 0 saturated heterocycles. The third-order valence-electron chi connectivity index (χ3n) is 7.60. The van der Waals surface area contributed by atoms with E-state index in [-0.39, 0.29) is 24.1 Å². The summed E-state index contributed by atoms with van der Waals surface area (Å²) in [5.74, 6) is 1.74. The number of carbonyl (C=O) groups excluding carboxylic acids is 2. The molecule has 0 heterocycles. The standard InChI is InChI=1S/C26H36O6/c1-17-12-19-13-24(16-26(14-17,15-19)25(28)29-3)32-31-23-10-6-21(7-11-23)20-4-8-22(9-5-20)30-18(2)27/h4-5,8-9,17,19,21,23-24H,6-7,10-16H2,1-3H3/t17?,19?,21-,23+,24?,26?. The summed E-state index contributed by atoms with van der Waals surface area (Å²) in [6, 6.07) is 7.82. The third-order valence-corrected chi connectivity index (χ3v) is 7.60. The molecule has 4 rings (SSSR count). The second kappa shape index (κ2) is 9.92. The number of methoxy groups -OCH3 is 1. The highest BCUT2D eigenvalue weighted by atomic mass is 17.2. The summed E-state index contributed by atoms with van der Waals surface area (Å²) in [7, 11) is 1.49. The molecule has 0 N–H and O–H groups in total. The largest absolute Gasteiger partial charge is 0.469 e. The third kappa shape index (κ3) is 5.34. The van der Waals surface area contributed by atoms with Gasteiger partial charge in [-0.1, -0.05) is 19.1 Å². The fraction of sp³-hybridized carbons (Fsp3) is 0.692. The minimum absolute atomic E-state index is 0.0353. The first-order valence-corrected chi connectivity index (χ1v) is 12.1. The molecule has 1 aromatic carbocycles. The molecule has 3 saturated carbocycles. The molecule has 3 aliphatic carbocycles. The second-order valence-electron chi connectivity index (χ2n) is 10.3. The van der Waals surface area contributed by atoms with Gasteiger partial charge < -0.3 is 9.47 Å². The zero-order valence-electron chi connectivity index (χ0n) is 19.5. The van der Waals surface area contributed by atoms with E-state index in [0.29, 0.717) is 29.9 Å². The van der Waals surface area contributed by atoms with E-state index in [1.54, 1.807) is 0 Å². The van der Waals surface area contributed by atoms with E-state index in [0.717, 1.165) is 51.4 Å². The minimum atomic E-state index is -0.403. The average molecular weight is 445 g/mol. The topological polar surface area (TPSA) is 71.1 Å². The van der Waals surface area contributed by atoms with Gasteiger partial charge in [-0.15, -0.1) is 0 Å². The van der Waals surface area contributed by atoms with Crippen molar-refractivity contribution in [3.63, 3.8) is 0 Å². The van der Waals surface area contributed by atoms with Gasteiger partial charge >= 0.3 is 11.9 Å². The summed E-state index contributed by atoms with van der Waals surface area (Å²) in [6.07, 6.45) is 8.67. The van der Waals surface area contributed by atoms with Crippen LogP contribution >= 0.6 is 0 Å². The van der Waals surface area contributed by atoms with Crippen LogP contribution in [-0.2, 0) is 24.1 Å². The number of fused-ring (bicyclic) bond motifs is 2. The maximum absolute atomic E-state index is 12.6. The lowest BCUT2D eigenvalue weighted by Crippen LogP contribution is -2.47. The first-order chi connectivity index (χ1) is 15.4. The monoisotopic (exact) mass is 444 g/mol. The van der Waals surface area contributed by atoms with Crippen LogP contribution in [-0.4, -0.2) is 31.3 Å². The van der Waals surface area contributed by atoms with E-state index in [4.69, 9.17) is 19.2 Å². The van der Waals surface area contributed by atoms with Crippen molar-refractivity contribution in [1.82, 2.24) is 0 Å². The summed E-state index contributed by atoms with van der Waals surface area (Å²) >= 11 is 0. The highest BCUT2D eigenvalue weighted by Gasteiger charge is 2.51. The summed E-state index contributed by atoms with van der Waals surface area (Å²) < 4.78 is 10.3. The van der Waals surface area contributed by atoms with Crippen LogP contribution in [0.5, 0.6) is 5.75 Å². The Hall–Kier alpha value is -1.92. The highest BCUT2D eigenvalue weighted by molar-refractivity contribution is 5.77. The molecule has 3 fully saturated rings. The van der Waals surface area contributed by atoms with Crippen LogP contribution in [0.3, 0.4) is 0 Å². The molecule has 0 aliphatic heterocycles. The van der Waals surface area contributed by atoms with Crippen molar-refractivity contribution >= 4 is 11.9 Å². The lowest BCUT2D eigenvalue weighted by molar-refractivity contribution is -0.365. The SMILES string of the molecule is COC(=O)C12CC(C)CC(CC(OO[C@H]3CC[C@@H](c4ccc(OC(C)=O)cc4)CC3)C1)C2. The Morgan fingerprint density at radius 2 is 1.59 bits per heavy atom. The molecular formula is C26H36O6. The van der Waals surface area contributed by atoms with Gasteiger partial charge in [0.2, 0.25) is 0 Å². The number of benzene rings is 1. The maximum Gasteiger partial charge on any atom is 0.311 e. The second-order valence-corrected chi connectivity index (χ2v) is 10.3. The molecule has 6 nitrogen and oxygen atoms in total. The number of ether oxygens (including phenoxy) is 2. The predicted octanol–water partition coefficient (Wildman–Crippen LogP) is 5.34. The van der Waals surface area contributed by atoms with Crippen molar-refractivity contribution in [2.75, 3.05) is 7.11 Å². The molecule has 6 heteroatoms. The van der Waals surface area contributed by atoms with Crippen molar-refractivity contribution in [3.8, 4) is 5.75 Å². The van der Waals surface area contributed by atoms with E-state index in [9.17, 15) is 9.59 Å². The average Bonchev–Trinajstić information content (AvgIpc) is 2.77. The Morgan fingerprint density at radius 1 is 0.906 bits per heavy atom. The Bertz CT molecular complexity index is 793. The predicted molar refractivity (Wildman–Crippen MR) is 119 cm³/mol. The molecule has 176 valence electrons. The van der Waals surface area contributed by atoms with Crippen molar-refractivity contribution in [2.45, 2.75) is 89.8 Å². The van der Waals surface area contributed by atoms with E-state index in [2.05, 4.69) is 19.1 Å². The molecule has 4 unspecified atom stereocenters. The lowest BCUT2D eigenvalue weighted by Gasteiger charge is -2.47. The van der Waals surface area contributed by atoms with Crippen LogP contribution in [0.15, 0.2) is 24.3 Å². The molecular weight excluding hydrogens is 408 g/mol. The number of rotatable bonds is 6. The van der Waals surface area contributed by atoms with Crippen molar-refractivity contribution in [1.29, 1.82) is 0 Å². The van der Waals surface area contributed by atoms with Crippen molar-refractivity contribution in [2.24, 2.45) is 17.3 Å². The van der Waals surface area contributed by atoms with Gasteiger partial charge in [-0.05, 0) is 93.2 Å². The normalized spacial score (nSPS) is 34.5. The molecule has 0 aromatic heterocycles. The van der Waals surface area contributed by atoms with Crippen LogP contribution in [0, 0.1) is 17.3 Å². The summed E-state index contributed by atoms with van der Waals surface area (Å²) in [4.78, 5) is 35.5. The molecule has 0 amide bonds. The van der Waals surface area contributed by atoms with Gasteiger partial charge in [0.25, 0.3) is 0 Å². The van der Waals surface area contributed by atoms with Gasteiger partial charge in [0, 0.05) is 6.92 Å². The van der Waals surface area contributed by atoms with E-state index < -0.39 is 5.41 Å². The number of hydrogen-bond donors (Lipinski definition) is 0. The fourth-order valence-corrected chi connectivity index (χ4v) is 6.44. The maximum atomic E-state index is 12.6. The Kier molecular flexibility index (Phi) is 7.21. The minimum Gasteiger partial charge on any atom is -0.469 e. The van der Waals surface area contributed by atoms with E-state index in [1.807, 2.05) is 12.1 Å². The van der Waals surface area contributed by atoms with E-state index in [1.165, 1.54) is 19.6 Å². The summed E-state index contributed by atoms with van der Waals surface area (Å²) in [5, 5.41) is 0. The lowest BCUT2D eigenvalue weighted by atomic mass is 9.58. The summed E-state index contributed by atoms with van der Waals surface area (Å²) in [5.41, 5.74) is 0.869. The molecule has 0 radical (unpaired) electrons. The zero-order chi connectivity index (χ0) is 22.7. The first kappa shape index (κ1) is 23.2. The number of carbonyl (C=O) groups is 2. The molecule has 3 aliphatic rings. The van der Waals surface area contributed by atoms with Crippen LogP contribution in [0.25, 0.3) is 0 Å². The van der Waals surface area contributed by atoms with Gasteiger partial charge in [-0.2, -0.15) is 0 Å². The van der Waals surface area contributed by atoms with Crippen LogP contribution in [0.1, 0.15) is 83.1 Å². The van der Waals surface area contributed by atoms with Crippen LogP contribution in [0.2, 0.25) is 0 Å². The van der Waals surface area contributed by atoms with E-state index >= 15 is 0 Å². The molecule has 4 atom stereocenters. The van der Waals surface area contributed by atoms with Crippen molar-refractivity contribution < 1.29 is 28.8 Å². The van der Waals surface area contributed by atoms with Gasteiger partial charge in [-0.3, -0.25) is 9.59 Å². The number of esters is 2. The zero-order valence-corrected chi connectivity index (χ0v) is 19.5. The molecule has 1 aromatic rings. The number of hydrogen-bond acceptors (Lipinski definition) is 6.